The molecule has 1 aromatic heterocycles. The lowest BCUT2D eigenvalue weighted by Gasteiger charge is -2.15. The van der Waals surface area contributed by atoms with Crippen LogP contribution in [0.4, 0.5) is 0 Å². The maximum absolute atomic E-state index is 5.57. The molecule has 86 valence electrons. The summed E-state index contributed by atoms with van der Waals surface area (Å²) in [6.45, 7) is 8.29. The second-order valence-corrected chi connectivity index (χ2v) is 11.6. The Morgan fingerprint density at radius 2 is 1.73 bits per heavy atom. The molecule has 1 heterocycles. The molecule has 0 radical (unpaired) electrons. The van der Waals surface area contributed by atoms with Gasteiger partial charge in [0.1, 0.15) is 6.73 Å². The van der Waals surface area contributed by atoms with Crippen LogP contribution in [0.1, 0.15) is 0 Å². The lowest BCUT2D eigenvalue weighted by molar-refractivity contribution is 0.0839. The Bertz CT molecular complexity index is 305. The van der Waals surface area contributed by atoms with Crippen molar-refractivity contribution in [1.82, 2.24) is 14.8 Å². The first-order valence-corrected chi connectivity index (χ1v) is 10.0. The van der Waals surface area contributed by atoms with E-state index < -0.39 is 8.07 Å². The van der Waals surface area contributed by atoms with E-state index in [1.807, 2.05) is 4.57 Å². The Kier molecular flexibility index (Phi) is 4.94. The van der Waals surface area contributed by atoms with Gasteiger partial charge in [-0.05, 0) is 37.9 Å². The molecule has 0 fully saturated rings. The van der Waals surface area contributed by atoms with Gasteiger partial charge < -0.3 is 4.74 Å². The molecular weight excluding hydrogens is 342 g/mol. The van der Waals surface area contributed by atoms with Crippen LogP contribution >= 0.6 is 31.9 Å². The highest BCUT2D eigenvalue weighted by molar-refractivity contribution is 9.11. The van der Waals surface area contributed by atoms with Crippen molar-refractivity contribution in [2.75, 3.05) is 6.61 Å². The summed E-state index contributed by atoms with van der Waals surface area (Å²) < 4.78 is 8.76. The summed E-state index contributed by atoms with van der Waals surface area (Å²) in [5.41, 5.74) is 0. The van der Waals surface area contributed by atoms with E-state index in [0.29, 0.717) is 16.2 Å². The van der Waals surface area contributed by atoms with Crippen molar-refractivity contribution < 1.29 is 4.74 Å². The fourth-order valence-corrected chi connectivity index (χ4v) is 2.60. The molecule has 0 bridgehead atoms. The third-order valence-corrected chi connectivity index (χ3v) is 4.75. The van der Waals surface area contributed by atoms with Gasteiger partial charge in [0.25, 0.3) is 0 Å². The van der Waals surface area contributed by atoms with Crippen molar-refractivity contribution in [3.8, 4) is 0 Å². The first-order valence-electron chi connectivity index (χ1n) is 4.72. The van der Waals surface area contributed by atoms with Gasteiger partial charge in [-0.2, -0.15) is 0 Å². The SMILES string of the molecule is C[Si](C)(C)CCOCn1c(Br)nnc1Br. The van der Waals surface area contributed by atoms with Gasteiger partial charge in [0, 0.05) is 14.7 Å². The van der Waals surface area contributed by atoms with E-state index in [9.17, 15) is 0 Å². The highest BCUT2D eigenvalue weighted by Crippen LogP contribution is 2.14. The molecule has 0 saturated heterocycles. The van der Waals surface area contributed by atoms with Crippen LogP contribution in [0.25, 0.3) is 0 Å². The first kappa shape index (κ1) is 13.3. The first-order chi connectivity index (χ1) is 6.90. The van der Waals surface area contributed by atoms with Crippen LogP contribution in [0.5, 0.6) is 0 Å². The molecule has 1 aromatic rings. The second kappa shape index (κ2) is 5.56. The number of hydrogen-bond donors (Lipinski definition) is 0. The molecule has 0 aliphatic rings. The fourth-order valence-electron chi connectivity index (χ4n) is 0.907. The number of nitrogens with zero attached hydrogens (tertiary/aromatic N) is 3. The number of hydrogen-bond acceptors (Lipinski definition) is 3. The standard InChI is InChI=1S/C8H15Br2N3OSi/c1-15(2,3)5-4-14-6-13-7(9)11-12-8(13)10/h4-6H2,1-3H3. The normalized spacial score (nSPS) is 12.1. The van der Waals surface area contributed by atoms with Crippen LogP contribution in [0.3, 0.4) is 0 Å². The topological polar surface area (TPSA) is 39.9 Å². The van der Waals surface area contributed by atoms with Crippen molar-refractivity contribution in [3.05, 3.63) is 9.47 Å². The summed E-state index contributed by atoms with van der Waals surface area (Å²) >= 11 is 6.59. The quantitative estimate of drug-likeness (QED) is 0.601. The molecular formula is C8H15Br2N3OSi. The Morgan fingerprint density at radius 3 is 2.20 bits per heavy atom. The molecule has 1 rings (SSSR count). The minimum absolute atomic E-state index is 0.485. The molecule has 0 aromatic carbocycles. The van der Waals surface area contributed by atoms with E-state index in [1.54, 1.807) is 0 Å². The van der Waals surface area contributed by atoms with E-state index in [4.69, 9.17) is 4.74 Å². The maximum atomic E-state index is 5.57. The Balaban J connectivity index is 2.32. The highest BCUT2D eigenvalue weighted by Gasteiger charge is 2.12. The summed E-state index contributed by atoms with van der Waals surface area (Å²) in [6.07, 6.45) is 0. The van der Waals surface area contributed by atoms with Crippen molar-refractivity contribution >= 4 is 39.9 Å². The van der Waals surface area contributed by atoms with Crippen LogP contribution in [0.2, 0.25) is 25.7 Å². The number of ether oxygens (including phenoxy) is 1. The highest BCUT2D eigenvalue weighted by atomic mass is 79.9. The molecule has 0 saturated carbocycles. The van der Waals surface area contributed by atoms with Gasteiger partial charge in [0.05, 0.1) is 0 Å². The Hall–Kier alpha value is 0.277. The van der Waals surface area contributed by atoms with Gasteiger partial charge in [0.15, 0.2) is 0 Å². The summed E-state index contributed by atoms with van der Waals surface area (Å²) in [4.78, 5) is 0. The zero-order valence-electron chi connectivity index (χ0n) is 9.13. The van der Waals surface area contributed by atoms with Crippen LogP contribution in [-0.2, 0) is 11.5 Å². The van der Waals surface area contributed by atoms with Crippen LogP contribution in [0.15, 0.2) is 9.47 Å². The lowest BCUT2D eigenvalue weighted by atomic mass is 10.8. The molecule has 0 unspecified atom stereocenters. The molecule has 15 heavy (non-hydrogen) atoms. The zero-order valence-corrected chi connectivity index (χ0v) is 13.3. The van der Waals surface area contributed by atoms with E-state index in [0.717, 1.165) is 6.61 Å². The predicted octanol–water partition coefficient (Wildman–Crippen LogP) is 3.12. The minimum atomic E-state index is -0.995. The van der Waals surface area contributed by atoms with Gasteiger partial charge >= 0.3 is 0 Å². The van der Waals surface area contributed by atoms with Crippen LogP contribution < -0.4 is 0 Å². The van der Waals surface area contributed by atoms with E-state index in [-0.39, 0.29) is 0 Å². The molecule has 0 N–H and O–H groups in total. The molecule has 0 atom stereocenters. The molecule has 0 aliphatic heterocycles. The van der Waals surface area contributed by atoms with Crippen LogP contribution in [-0.4, -0.2) is 29.4 Å². The Morgan fingerprint density at radius 1 is 1.20 bits per heavy atom. The number of halogens is 2. The predicted molar refractivity (Wildman–Crippen MR) is 69.5 cm³/mol. The molecule has 7 heteroatoms. The second-order valence-electron chi connectivity index (χ2n) is 4.51. The smallest absolute Gasteiger partial charge is 0.202 e. The lowest BCUT2D eigenvalue weighted by Crippen LogP contribution is -2.22. The van der Waals surface area contributed by atoms with Crippen molar-refractivity contribution in [3.63, 3.8) is 0 Å². The van der Waals surface area contributed by atoms with E-state index in [2.05, 4.69) is 61.7 Å². The molecule has 0 amide bonds. The van der Waals surface area contributed by atoms with E-state index >= 15 is 0 Å². The molecule has 0 aliphatic carbocycles. The van der Waals surface area contributed by atoms with Gasteiger partial charge in [0.2, 0.25) is 9.47 Å². The van der Waals surface area contributed by atoms with Gasteiger partial charge in [-0.25, -0.2) is 0 Å². The van der Waals surface area contributed by atoms with Gasteiger partial charge in [-0.3, -0.25) is 4.57 Å². The third kappa shape index (κ3) is 4.75. The zero-order chi connectivity index (χ0) is 11.5. The van der Waals surface area contributed by atoms with Crippen molar-refractivity contribution in [2.24, 2.45) is 0 Å². The monoisotopic (exact) mass is 355 g/mol. The average molecular weight is 357 g/mol. The number of rotatable bonds is 5. The summed E-state index contributed by atoms with van der Waals surface area (Å²) in [7, 11) is -0.995. The molecule has 4 nitrogen and oxygen atoms in total. The fraction of sp³-hybridized carbons (Fsp3) is 0.750. The summed E-state index contributed by atoms with van der Waals surface area (Å²) in [5.74, 6) is 0. The van der Waals surface area contributed by atoms with E-state index in [1.165, 1.54) is 6.04 Å². The minimum Gasteiger partial charge on any atom is -0.361 e. The van der Waals surface area contributed by atoms with Crippen molar-refractivity contribution in [1.29, 1.82) is 0 Å². The van der Waals surface area contributed by atoms with Gasteiger partial charge in [-0.1, -0.05) is 19.6 Å². The Labute approximate surface area is 108 Å². The van der Waals surface area contributed by atoms with Gasteiger partial charge in [-0.15, -0.1) is 10.2 Å². The number of aromatic nitrogens is 3. The maximum Gasteiger partial charge on any atom is 0.202 e. The van der Waals surface area contributed by atoms with Crippen molar-refractivity contribution in [2.45, 2.75) is 32.4 Å². The summed E-state index contributed by atoms with van der Waals surface area (Å²) in [6, 6.07) is 1.17. The largest absolute Gasteiger partial charge is 0.361 e. The average Bonchev–Trinajstić information content (AvgIpc) is 2.40. The molecule has 0 spiro atoms. The summed E-state index contributed by atoms with van der Waals surface area (Å²) in [5, 5.41) is 7.71. The third-order valence-electron chi connectivity index (χ3n) is 1.88. The van der Waals surface area contributed by atoms with Crippen LogP contribution in [0, 0.1) is 0 Å².